The molecule has 0 saturated carbocycles. The topological polar surface area (TPSA) is 59.0 Å². The molecule has 2 atom stereocenters. The summed E-state index contributed by atoms with van der Waals surface area (Å²) >= 11 is 0. The van der Waals surface area contributed by atoms with Crippen molar-refractivity contribution in [3.8, 4) is 0 Å². The van der Waals surface area contributed by atoms with Crippen molar-refractivity contribution in [3.05, 3.63) is 54.1 Å². The van der Waals surface area contributed by atoms with Crippen LogP contribution in [-0.2, 0) is 17.9 Å². The number of hydrogen-bond acceptors (Lipinski definition) is 3. The van der Waals surface area contributed by atoms with Crippen molar-refractivity contribution in [2.45, 2.75) is 31.7 Å². The minimum Gasteiger partial charge on any atom is -0.351 e. The molecule has 132 valence electrons. The minimum absolute atomic E-state index is 0. The maximum atomic E-state index is 13.1. The maximum Gasteiger partial charge on any atom is 0.237 e. The highest BCUT2D eigenvalue weighted by atomic mass is 35.5. The van der Waals surface area contributed by atoms with Crippen molar-refractivity contribution in [1.29, 1.82) is 0 Å². The number of rotatable bonds is 5. The Morgan fingerprint density at radius 1 is 1.33 bits per heavy atom. The van der Waals surface area contributed by atoms with Gasteiger partial charge in [-0.05, 0) is 11.1 Å². The number of imidazole rings is 1. The van der Waals surface area contributed by atoms with Gasteiger partial charge in [-0.2, -0.15) is 0 Å². The molecular weight excluding hydrogens is 354 g/mol. The van der Waals surface area contributed by atoms with Crippen LogP contribution in [0.4, 0.5) is 4.39 Å². The number of carbonyl (C=O) groups excluding carboxylic acids is 1. The normalized spacial score (nSPS) is 19.2. The highest BCUT2D eigenvalue weighted by molar-refractivity contribution is 5.85. The molecule has 0 aliphatic carbocycles. The molecule has 1 aromatic carbocycles. The summed E-state index contributed by atoms with van der Waals surface area (Å²) in [6, 6.07) is 7.53. The third-order valence-electron chi connectivity index (χ3n) is 3.88. The average Bonchev–Trinajstić information content (AvgIpc) is 3.18. The standard InChI is InChI=1S/C16H19FN4O.2ClH/c17-14-7-15(19-9-14)16(22)20-8-12-3-1-2-4-13(12)10-21-6-5-18-11-21;;/h1-6,11,14-15,19H,7-10H2,(H,20,22);2*1H/t14-,15+;;/m0../s1. The van der Waals surface area contributed by atoms with Gasteiger partial charge in [0.05, 0.1) is 12.4 Å². The summed E-state index contributed by atoms with van der Waals surface area (Å²) in [4.78, 5) is 16.1. The van der Waals surface area contributed by atoms with Crippen LogP contribution in [0.15, 0.2) is 43.0 Å². The third kappa shape index (κ3) is 5.19. The first-order valence-corrected chi connectivity index (χ1v) is 7.40. The first-order chi connectivity index (χ1) is 10.7. The molecule has 2 aromatic rings. The molecule has 1 fully saturated rings. The van der Waals surface area contributed by atoms with Gasteiger partial charge in [0.25, 0.3) is 0 Å². The summed E-state index contributed by atoms with van der Waals surface area (Å²) < 4.78 is 15.1. The van der Waals surface area contributed by atoms with E-state index in [1.54, 1.807) is 12.5 Å². The SMILES string of the molecule is Cl.Cl.O=C(NCc1ccccc1Cn1ccnc1)[C@H]1C[C@H](F)CN1. The molecule has 2 N–H and O–H groups in total. The molecule has 0 bridgehead atoms. The second-order valence-corrected chi connectivity index (χ2v) is 5.52. The lowest BCUT2D eigenvalue weighted by Crippen LogP contribution is -2.40. The number of halogens is 3. The Hall–Kier alpha value is -1.63. The lowest BCUT2D eigenvalue weighted by molar-refractivity contribution is -0.123. The fourth-order valence-electron chi connectivity index (χ4n) is 2.66. The summed E-state index contributed by atoms with van der Waals surface area (Å²) in [5, 5.41) is 5.78. The summed E-state index contributed by atoms with van der Waals surface area (Å²) in [6.45, 7) is 1.41. The van der Waals surface area contributed by atoms with E-state index in [2.05, 4.69) is 15.6 Å². The van der Waals surface area contributed by atoms with E-state index >= 15 is 0 Å². The number of carbonyl (C=O) groups is 1. The molecule has 0 radical (unpaired) electrons. The second kappa shape index (κ2) is 9.61. The van der Waals surface area contributed by atoms with Gasteiger partial charge in [0.15, 0.2) is 0 Å². The smallest absolute Gasteiger partial charge is 0.237 e. The molecule has 2 heterocycles. The van der Waals surface area contributed by atoms with Crippen molar-refractivity contribution in [3.63, 3.8) is 0 Å². The quantitative estimate of drug-likeness (QED) is 0.842. The molecule has 1 aliphatic rings. The van der Waals surface area contributed by atoms with Crippen LogP contribution in [0.5, 0.6) is 0 Å². The zero-order valence-electron chi connectivity index (χ0n) is 13.0. The zero-order valence-corrected chi connectivity index (χ0v) is 14.7. The Bertz CT molecular complexity index is 639. The highest BCUT2D eigenvalue weighted by Crippen LogP contribution is 2.12. The van der Waals surface area contributed by atoms with E-state index in [0.717, 1.165) is 11.1 Å². The molecule has 0 spiro atoms. The second-order valence-electron chi connectivity index (χ2n) is 5.52. The summed E-state index contributed by atoms with van der Waals surface area (Å²) in [5.74, 6) is -0.141. The Morgan fingerprint density at radius 2 is 2.08 bits per heavy atom. The molecule has 0 unspecified atom stereocenters. The van der Waals surface area contributed by atoms with Crippen molar-refractivity contribution in [1.82, 2.24) is 20.2 Å². The minimum atomic E-state index is -0.927. The Balaban J connectivity index is 0.00000144. The number of amides is 1. The van der Waals surface area contributed by atoms with E-state index in [4.69, 9.17) is 0 Å². The van der Waals surface area contributed by atoms with Crippen LogP contribution < -0.4 is 10.6 Å². The number of benzene rings is 1. The van der Waals surface area contributed by atoms with Crippen molar-refractivity contribution < 1.29 is 9.18 Å². The van der Waals surface area contributed by atoms with Crippen LogP contribution >= 0.6 is 24.8 Å². The fourth-order valence-corrected chi connectivity index (χ4v) is 2.66. The van der Waals surface area contributed by atoms with E-state index in [1.807, 2.05) is 35.0 Å². The van der Waals surface area contributed by atoms with Crippen LogP contribution in [-0.4, -0.2) is 34.2 Å². The lowest BCUT2D eigenvalue weighted by atomic mass is 10.1. The molecule has 1 amide bonds. The van der Waals surface area contributed by atoms with Crippen LogP contribution in [0.25, 0.3) is 0 Å². The molecular formula is C16H21Cl2FN4O. The van der Waals surface area contributed by atoms with E-state index in [9.17, 15) is 9.18 Å². The average molecular weight is 375 g/mol. The molecule has 24 heavy (non-hydrogen) atoms. The van der Waals surface area contributed by atoms with E-state index in [0.29, 0.717) is 13.1 Å². The van der Waals surface area contributed by atoms with Gasteiger partial charge in [-0.15, -0.1) is 24.8 Å². The molecule has 1 saturated heterocycles. The Kier molecular flexibility index (Phi) is 8.18. The van der Waals surface area contributed by atoms with Crippen LogP contribution in [0.3, 0.4) is 0 Å². The predicted molar refractivity (Wildman–Crippen MR) is 95.4 cm³/mol. The number of nitrogens with one attached hydrogen (secondary N) is 2. The first-order valence-electron chi connectivity index (χ1n) is 7.40. The van der Waals surface area contributed by atoms with Gasteiger partial charge in [0.1, 0.15) is 6.17 Å². The van der Waals surface area contributed by atoms with E-state index < -0.39 is 12.2 Å². The molecule has 5 nitrogen and oxygen atoms in total. The number of nitrogens with zero attached hydrogens (tertiary/aromatic N) is 2. The molecule has 1 aromatic heterocycles. The largest absolute Gasteiger partial charge is 0.351 e. The van der Waals surface area contributed by atoms with Crippen LogP contribution in [0, 0.1) is 0 Å². The van der Waals surface area contributed by atoms with E-state index in [-0.39, 0.29) is 43.7 Å². The van der Waals surface area contributed by atoms with Gasteiger partial charge in [-0.3, -0.25) is 4.79 Å². The Labute approximate surface area is 152 Å². The van der Waals surface area contributed by atoms with Gasteiger partial charge in [-0.1, -0.05) is 24.3 Å². The van der Waals surface area contributed by atoms with Gasteiger partial charge >= 0.3 is 0 Å². The summed E-state index contributed by atoms with van der Waals surface area (Å²) in [7, 11) is 0. The van der Waals surface area contributed by atoms with Gasteiger partial charge in [0, 0.05) is 38.4 Å². The highest BCUT2D eigenvalue weighted by Gasteiger charge is 2.28. The van der Waals surface area contributed by atoms with Crippen LogP contribution in [0.2, 0.25) is 0 Å². The molecule has 8 heteroatoms. The fraction of sp³-hybridized carbons (Fsp3) is 0.375. The monoisotopic (exact) mass is 374 g/mol. The van der Waals surface area contributed by atoms with Crippen molar-refractivity contribution in [2.24, 2.45) is 0 Å². The van der Waals surface area contributed by atoms with Gasteiger partial charge in [-0.25, -0.2) is 9.37 Å². The number of hydrogen-bond donors (Lipinski definition) is 2. The first kappa shape index (κ1) is 20.4. The van der Waals surface area contributed by atoms with Gasteiger partial charge < -0.3 is 15.2 Å². The predicted octanol–water partition coefficient (Wildman–Crippen LogP) is 2.09. The Morgan fingerprint density at radius 3 is 2.71 bits per heavy atom. The molecule has 1 aliphatic heterocycles. The van der Waals surface area contributed by atoms with Crippen molar-refractivity contribution in [2.75, 3.05) is 6.54 Å². The maximum absolute atomic E-state index is 13.1. The third-order valence-corrected chi connectivity index (χ3v) is 3.88. The summed E-state index contributed by atoms with van der Waals surface area (Å²) in [6.07, 6.45) is 4.73. The van der Waals surface area contributed by atoms with Gasteiger partial charge in [0.2, 0.25) is 5.91 Å². The summed E-state index contributed by atoms with van der Waals surface area (Å²) in [5.41, 5.74) is 2.18. The van der Waals surface area contributed by atoms with Crippen molar-refractivity contribution >= 4 is 30.7 Å². The van der Waals surface area contributed by atoms with E-state index in [1.165, 1.54) is 0 Å². The van der Waals surface area contributed by atoms with Crippen LogP contribution in [0.1, 0.15) is 17.5 Å². The lowest BCUT2D eigenvalue weighted by Gasteiger charge is -2.14. The zero-order chi connectivity index (χ0) is 15.4. The number of aromatic nitrogens is 2. The number of alkyl halides is 1. The molecule has 3 rings (SSSR count).